The second-order valence-corrected chi connectivity index (χ2v) is 7.06. The highest BCUT2D eigenvalue weighted by molar-refractivity contribution is 9.10. The Bertz CT molecular complexity index is 980. The number of carbonyl (C=O) groups is 1. The quantitative estimate of drug-likeness (QED) is 0.518. The van der Waals surface area contributed by atoms with Crippen molar-refractivity contribution in [1.82, 2.24) is 10.4 Å². The van der Waals surface area contributed by atoms with Crippen LogP contribution in [0.3, 0.4) is 0 Å². The number of hydrogen-bond acceptors (Lipinski definition) is 3. The van der Waals surface area contributed by atoms with Gasteiger partial charge in [0.25, 0.3) is 5.91 Å². The van der Waals surface area contributed by atoms with Crippen molar-refractivity contribution in [2.45, 2.75) is 18.8 Å². The minimum atomic E-state index is -0.216. The molecule has 25 heavy (non-hydrogen) atoms. The lowest BCUT2D eigenvalue weighted by atomic mass is 10.1. The Morgan fingerprint density at radius 3 is 2.80 bits per heavy atom. The van der Waals surface area contributed by atoms with Crippen LogP contribution in [0, 0.1) is 0 Å². The van der Waals surface area contributed by atoms with Gasteiger partial charge < -0.3 is 0 Å². The second kappa shape index (κ2) is 6.76. The highest BCUT2D eigenvalue weighted by atomic mass is 79.9. The summed E-state index contributed by atoms with van der Waals surface area (Å²) in [5, 5.41) is 4.94. The molecule has 1 fully saturated rings. The number of halogens is 1. The van der Waals surface area contributed by atoms with Crippen LogP contribution in [-0.2, 0) is 0 Å². The number of pyridine rings is 1. The first-order chi connectivity index (χ1) is 12.2. The molecule has 4 rings (SSSR count). The van der Waals surface area contributed by atoms with E-state index in [4.69, 9.17) is 4.98 Å². The van der Waals surface area contributed by atoms with Gasteiger partial charge in [-0.15, -0.1) is 0 Å². The summed E-state index contributed by atoms with van der Waals surface area (Å²) in [6.45, 7) is 0. The van der Waals surface area contributed by atoms with Crippen molar-refractivity contribution in [2.24, 2.45) is 5.10 Å². The normalized spacial score (nSPS) is 14.1. The fourth-order valence-corrected chi connectivity index (χ4v) is 3.20. The molecule has 5 heteroatoms. The Kier molecular flexibility index (Phi) is 4.32. The van der Waals surface area contributed by atoms with E-state index in [9.17, 15) is 4.79 Å². The second-order valence-electron chi connectivity index (χ2n) is 6.14. The maximum Gasteiger partial charge on any atom is 0.272 e. The summed E-state index contributed by atoms with van der Waals surface area (Å²) in [5.74, 6) is 0.271. The molecule has 0 unspecified atom stereocenters. The van der Waals surface area contributed by atoms with Gasteiger partial charge in [-0.05, 0) is 42.7 Å². The average Bonchev–Trinajstić information content (AvgIpc) is 3.46. The van der Waals surface area contributed by atoms with Crippen molar-refractivity contribution in [3.8, 4) is 0 Å². The first-order valence-electron chi connectivity index (χ1n) is 8.19. The molecule has 1 aliphatic carbocycles. The number of aromatic nitrogens is 1. The SMILES string of the molecule is O=C(N/N=C\c1cccc(Br)c1)c1cc(C2CC2)nc2ccccc12. The van der Waals surface area contributed by atoms with Gasteiger partial charge in [-0.2, -0.15) is 5.10 Å². The molecule has 4 nitrogen and oxygen atoms in total. The summed E-state index contributed by atoms with van der Waals surface area (Å²) in [5.41, 5.74) is 6.02. The van der Waals surface area contributed by atoms with Crippen molar-refractivity contribution in [1.29, 1.82) is 0 Å². The summed E-state index contributed by atoms with van der Waals surface area (Å²) in [4.78, 5) is 17.3. The highest BCUT2D eigenvalue weighted by Gasteiger charge is 2.26. The lowest BCUT2D eigenvalue weighted by Gasteiger charge is -2.08. The lowest BCUT2D eigenvalue weighted by molar-refractivity contribution is 0.0956. The number of hydrazone groups is 1. The molecular weight excluding hydrogens is 378 g/mol. The number of carbonyl (C=O) groups excluding carboxylic acids is 1. The maximum absolute atomic E-state index is 12.6. The Morgan fingerprint density at radius 1 is 1.16 bits per heavy atom. The van der Waals surface area contributed by atoms with Gasteiger partial charge in [0.05, 0.1) is 17.3 Å². The molecule has 0 radical (unpaired) electrons. The molecule has 2 aromatic carbocycles. The van der Waals surface area contributed by atoms with Gasteiger partial charge in [-0.1, -0.05) is 46.3 Å². The maximum atomic E-state index is 12.6. The van der Waals surface area contributed by atoms with Crippen molar-refractivity contribution in [3.05, 3.63) is 75.9 Å². The van der Waals surface area contributed by atoms with Crippen LogP contribution in [0.25, 0.3) is 10.9 Å². The van der Waals surface area contributed by atoms with Gasteiger partial charge in [0, 0.05) is 21.5 Å². The Labute approximate surface area is 154 Å². The van der Waals surface area contributed by atoms with Gasteiger partial charge in [-0.3, -0.25) is 9.78 Å². The number of hydrogen-bond donors (Lipinski definition) is 1. The van der Waals surface area contributed by atoms with E-state index in [1.165, 1.54) is 0 Å². The fourth-order valence-electron chi connectivity index (χ4n) is 2.78. The van der Waals surface area contributed by atoms with E-state index in [2.05, 4.69) is 26.5 Å². The molecule has 124 valence electrons. The molecule has 1 amide bonds. The van der Waals surface area contributed by atoms with E-state index in [1.54, 1.807) is 6.21 Å². The zero-order chi connectivity index (χ0) is 17.2. The molecule has 1 aliphatic rings. The third-order valence-electron chi connectivity index (χ3n) is 4.20. The molecular formula is C20H16BrN3O. The van der Waals surface area contributed by atoms with Crippen LogP contribution in [-0.4, -0.2) is 17.1 Å². The van der Waals surface area contributed by atoms with E-state index >= 15 is 0 Å². The van der Waals surface area contributed by atoms with Crippen LogP contribution in [0.2, 0.25) is 0 Å². The van der Waals surface area contributed by atoms with Gasteiger partial charge in [0.2, 0.25) is 0 Å². The Balaban J connectivity index is 1.61. The smallest absolute Gasteiger partial charge is 0.267 e. The van der Waals surface area contributed by atoms with Gasteiger partial charge in [0.1, 0.15) is 0 Å². The number of fused-ring (bicyclic) bond motifs is 1. The summed E-state index contributed by atoms with van der Waals surface area (Å²) in [6, 6.07) is 17.4. The minimum absolute atomic E-state index is 0.216. The average molecular weight is 394 g/mol. The Hall–Kier alpha value is -2.53. The summed E-state index contributed by atoms with van der Waals surface area (Å²) >= 11 is 3.42. The van der Waals surface area contributed by atoms with E-state index in [0.717, 1.165) is 39.5 Å². The van der Waals surface area contributed by atoms with Gasteiger partial charge in [-0.25, -0.2) is 5.43 Å². The number of nitrogens with zero attached hydrogens (tertiary/aromatic N) is 2. The number of amides is 1. The van der Waals surface area contributed by atoms with Crippen LogP contribution < -0.4 is 5.43 Å². The largest absolute Gasteiger partial charge is 0.272 e. The van der Waals surface area contributed by atoms with Crippen LogP contribution in [0.5, 0.6) is 0 Å². The third kappa shape index (κ3) is 3.61. The van der Waals surface area contributed by atoms with Crippen LogP contribution in [0.15, 0.2) is 64.2 Å². The third-order valence-corrected chi connectivity index (χ3v) is 4.70. The molecule has 0 bridgehead atoms. The first kappa shape index (κ1) is 16.0. The molecule has 1 N–H and O–H groups in total. The molecule has 1 heterocycles. The summed E-state index contributed by atoms with van der Waals surface area (Å²) in [6.07, 6.45) is 3.93. The minimum Gasteiger partial charge on any atom is -0.267 e. The Morgan fingerprint density at radius 2 is 2.00 bits per heavy atom. The number of benzene rings is 2. The zero-order valence-electron chi connectivity index (χ0n) is 13.4. The molecule has 1 saturated carbocycles. The highest BCUT2D eigenvalue weighted by Crippen LogP contribution is 2.40. The van der Waals surface area contributed by atoms with Crippen LogP contribution in [0.1, 0.15) is 40.4 Å². The van der Waals surface area contributed by atoms with Crippen LogP contribution >= 0.6 is 15.9 Å². The topological polar surface area (TPSA) is 54.4 Å². The van der Waals surface area contributed by atoms with E-state index < -0.39 is 0 Å². The summed E-state index contributed by atoms with van der Waals surface area (Å²) in [7, 11) is 0. The monoisotopic (exact) mass is 393 g/mol. The molecule has 0 saturated heterocycles. The predicted octanol–water partition coefficient (Wildman–Crippen LogP) is 4.64. The van der Waals surface area contributed by atoms with E-state index in [1.807, 2.05) is 54.6 Å². The number of para-hydroxylation sites is 1. The van der Waals surface area contributed by atoms with Crippen LogP contribution in [0.4, 0.5) is 0 Å². The molecule has 1 aromatic heterocycles. The predicted molar refractivity (Wildman–Crippen MR) is 103 cm³/mol. The molecule has 3 aromatic rings. The zero-order valence-corrected chi connectivity index (χ0v) is 15.0. The number of nitrogens with one attached hydrogen (secondary N) is 1. The van der Waals surface area contributed by atoms with Crippen molar-refractivity contribution in [3.63, 3.8) is 0 Å². The van der Waals surface area contributed by atoms with E-state index in [-0.39, 0.29) is 5.91 Å². The summed E-state index contributed by atoms with van der Waals surface area (Å²) < 4.78 is 0.969. The standard InChI is InChI=1S/C20H16BrN3O/c21-15-5-3-4-13(10-15)12-22-24-20(25)17-11-19(14-8-9-14)23-18-7-2-1-6-16(17)18/h1-7,10-12,14H,8-9H2,(H,24,25)/b22-12-. The van der Waals surface area contributed by atoms with Crippen molar-refractivity contribution in [2.75, 3.05) is 0 Å². The van der Waals surface area contributed by atoms with Crippen molar-refractivity contribution >= 4 is 39.0 Å². The number of rotatable bonds is 4. The molecule has 0 aliphatic heterocycles. The van der Waals surface area contributed by atoms with Gasteiger partial charge >= 0.3 is 0 Å². The van der Waals surface area contributed by atoms with E-state index in [0.29, 0.717) is 11.5 Å². The first-order valence-corrected chi connectivity index (χ1v) is 8.99. The molecule has 0 spiro atoms. The van der Waals surface area contributed by atoms with Gasteiger partial charge in [0.15, 0.2) is 0 Å². The fraction of sp³-hybridized carbons (Fsp3) is 0.150. The molecule has 0 atom stereocenters. The lowest BCUT2D eigenvalue weighted by Crippen LogP contribution is -2.18. The van der Waals surface area contributed by atoms with Crippen molar-refractivity contribution < 1.29 is 4.79 Å².